The molecule has 0 bridgehead atoms. The van der Waals surface area contributed by atoms with E-state index in [1.165, 1.54) is 30.3 Å². The first-order chi connectivity index (χ1) is 11.7. The maximum atomic E-state index is 12.9. The van der Waals surface area contributed by atoms with E-state index in [0.29, 0.717) is 36.0 Å². The molecule has 0 aromatic heterocycles. The summed E-state index contributed by atoms with van der Waals surface area (Å²) in [6.45, 7) is 0.946. The Bertz CT molecular complexity index is 838. The van der Waals surface area contributed by atoms with Crippen LogP contribution in [-0.4, -0.2) is 19.1 Å². The number of fused-ring (bicyclic) bond motifs is 1. The molecule has 1 N–H and O–H groups in total. The zero-order valence-corrected chi connectivity index (χ0v) is 12.6. The SMILES string of the molecule is N#C/C(=C\c1ccc2c(c1)OCCO2)C(=O)Nc1ccc(F)cc1. The molecule has 0 saturated carbocycles. The van der Waals surface area contributed by atoms with Gasteiger partial charge in [-0.05, 0) is 48.0 Å². The molecule has 1 aliphatic rings. The van der Waals surface area contributed by atoms with Crippen molar-refractivity contribution >= 4 is 17.7 Å². The van der Waals surface area contributed by atoms with Gasteiger partial charge in [0.05, 0.1) is 0 Å². The quantitative estimate of drug-likeness (QED) is 0.695. The van der Waals surface area contributed by atoms with Gasteiger partial charge in [-0.2, -0.15) is 5.26 Å². The van der Waals surface area contributed by atoms with E-state index < -0.39 is 11.7 Å². The van der Waals surface area contributed by atoms with Crippen LogP contribution >= 0.6 is 0 Å². The molecule has 0 fully saturated rings. The van der Waals surface area contributed by atoms with E-state index in [4.69, 9.17) is 9.47 Å². The zero-order valence-electron chi connectivity index (χ0n) is 12.6. The third kappa shape index (κ3) is 3.52. The minimum absolute atomic E-state index is 0.0731. The molecule has 1 amide bonds. The molecule has 0 spiro atoms. The second-order valence-corrected chi connectivity index (χ2v) is 5.03. The molecule has 0 atom stereocenters. The van der Waals surface area contributed by atoms with E-state index in [9.17, 15) is 14.4 Å². The standard InChI is InChI=1S/C18H13FN2O3/c19-14-2-4-15(5-3-14)21-18(22)13(11-20)9-12-1-6-16-17(10-12)24-8-7-23-16/h1-6,9-10H,7-8H2,(H,21,22)/b13-9+. The molecule has 1 heterocycles. The summed E-state index contributed by atoms with van der Waals surface area (Å²) in [4.78, 5) is 12.2. The van der Waals surface area contributed by atoms with Crippen molar-refractivity contribution in [2.45, 2.75) is 0 Å². The normalized spacial score (nSPS) is 13.1. The summed E-state index contributed by atoms with van der Waals surface area (Å²) in [6, 6.07) is 12.3. The van der Waals surface area contributed by atoms with Crippen molar-refractivity contribution in [3.8, 4) is 17.6 Å². The predicted molar refractivity (Wildman–Crippen MR) is 86.1 cm³/mol. The lowest BCUT2D eigenvalue weighted by Gasteiger charge is -2.18. The number of rotatable bonds is 3. The summed E-state index contributed by atoms with van der Waals surface area (Å²) in [6.07, 6.45) is 1.46. The van der Waals surface area contributed by atoms with E-state index in [2.05, 4.69) is 5.32 Å². The van der Waals surface area contributed by atoms with Crippen molar-refractivity contribution in [2.24, 2.45) is 0 Å². The number of nitrogens with zero attached hydrogens (tertiary/aromatic N) is 1. The van der Waals surface area contributed by atoms with Gasteiger partial charge in [0.2, 0.25) is 0 Å². The molecule has 5 nitrogen and oxygen atoms in total. The first-order valence-corrected chi connectivity index (χ1v) is 7.24. The minimum atomic E-state index is -0.570. The number of nitriles is 1. The number of hydrogen-bond donors (Lipinski definition) is 1. The monoisotopic (exact) mass is 324 g/mol. The Balaban J connectivity index is 1.80. The highest BCUT2D eigenvalue weighted by atomic mass is 19.1. The fourth-order valence-corrected chi connectivity index (χ4v) is 2.20. The number of halogens is 1. The van der Waals surface area contributed by atoms with Crippen LogP contribution in [0.3, 0.4) is 0 Å². The van der Waals surface area contributed by atoms with Crippen molar-refractivity contribution in [3.05, 3.63) is 59.4 Å². The lowest BCUT2D eigenvalue weighted by molar-refractivity contribution is -0.112. The predicted octanol–water partition coefficient (Wildman–Crippen LogP) is 3.14. The summed E-state index contributed by atoms with van der Waals surface area (Å²) in [5.74, 6) is 0.234. The number of benzene rings is 2. The molecule has 6 heteroatoms. The third-order valence-electron chi connectivity index (χ3n) is 3.34. The average Bonchev–Trinajstić information content (AvgIpc) is 2.61. The Morgan fingerprint density at radius 3 is 2.54 bits per heavy atom. The molecule has 1 aliphatic heterocycles. The molecule has 0 radical (unpaired) electrons. The van der Waals surface area contributed by atoms with Crippen molar-refractivity contribution in [1.29, 1.82) is 5.26 Å². The van der Waals surface area contributed by atoms with Crippen molar-refractivity contribution in [2.75, 3.05) is 18.5 Å². The van der Waals surface area contributed by atoms with Gasteiger partial charge in [0.15, 0.2) is 11.5 Å². The molecule has 2 aromatic rings. The number of nitrogens with one attached hydrogen (secondary N) is 1. The van der Waals surface area contributed by atoms with Gasteiger partial charge in [-0.15, -0.1) is 0 Å². The molecule has 0 aliphatic carbocycles. The van der Waals surface area contributed by atoms with Crippen LogP contribution < -0.4 is 14.8 Å². The van der Waals surface area contributed by atoms with E-state index in [0.717, 1.165) is 0 Å². The molecular weight excluding hydrogens is 311 g/mol. The van der Waals surface area contributed by atoms with Crippen LogP contribution in [0.1, 0.15) is 5.56 Å². The number of amides is 1. The van der Waals surface area contributed by atoms with Crippen molar-refractivity contribution < 1.29 is 18.7 Å². The maximum absolute atomic E-state index is 12.9. The zero-order chi connectivity index (χ0) is 16.9. The summed E-state index contributed by atoms with van der Waals surface area (Å²) in [5.41, 5.74) is 0.978. The van der Waals surface area contributed by atoms with Gasteiger partial charge in [0, 0.05) is 5.69 Å². The Kier molecular flexibility index (Phi) is 4.43. The third-order valence-corrected chi connectivity index (χ3v) is 3.34. The van der Waals surface area contributed by atoms with Crippen molar-refractivity contribution in [3.63, 3.8) is 0 Å². The smallest absolute Gasteiger partial charge is 0.266 e. The Morgan fingerprint density at radius 2 is 1.83 bits per heavy atom. The van der Waals surface area contributed by atoms with Gasteiger partial charge in [-0.1, -0.05) is 6.07 Å². The number of ether oxygens (including phenoxy) is 2. The Labute approximate surface area is 137 Å². The van der Waals surface area contributed by atoms with Gasteiger partial charge in [-0.25, -0.2) is 4.39 Å². The number of carbonyl (C=O) groups is 1. The topological polar surface area (TPSA) is 71.3 Å². The highest BCUT2D eigenvalue weighted by Crippen LogP contribution is 2.31. The summed E-state index contributed by atoms with van der Waals surface area (Å²) >= 11 is 0. The lowest BCUT2D eigenvalue weighted by atomic mass is 10.1. The van der Waals surface area contributed by atoms with E-state index in [-0.39, 0.29) is 5.57 Å². The van der Waals surface area contributed by atoms with Crippen LogP contribution in [0.25, 0.3) is 6.08 Å². The second kappa shape index (κ2) is 6.84. The van der Waals surface area contributed by atoms with Crippen LogP contribution in [0, 0.1) is 17.1 Å². The first-order valence-electron chi connectivity index (χ1n) is 7.24. The summed E-state index contributed by atoms with van der Waals surface area (Å²) < 4.78 is 23.8. The number of anilines is 1. The average molecular weight is 324 g/mol. The van der Waals surface area contributed by atoms with E-state index in [1.807, 2.05) is 6.07 Å². The van der Waals surface area contributed by atoms with Crippen LogP contribution in [-0.2, 0) is 4.79 Å². The van der Waals surface area contributed by atoms with Gasteiger partial charge in [0.25, 0.3) is 5.91 Å². The number of hydrogen-bond acceptors (Lipinski definition) is 4. The largest absolute Gasteiger partial charge is 0.486 e. The first kappa shape index (κ1) is 15.6. The van der Waals surface area contributed by atoms with E-state index in [1.54, 1.807) is 18.2 Å². The fraction of sp³-hybridized carbons (Fsp3) is 0.111. The number of carbonyl (C=O) groups excluding carboxylic acids is 1. The van der Waals surface area contributed by atoms with Crippen LogP contribution in [0.15, 0.2) is 48.0 Å². The van der Waals surface area contributed by atoms with Gasteiger partial charge < -0.3 is 14.8 Å². The van der Waals surface area contributed by atoms with Gasteiger partial charge in [0.1, 0.15) is 30.7 Å². The maximum Gasteiger partial charge on any atom is 0.266 e. The second-order valence-electron chi connectivity index (χ2n) is 5.03. The fourth-order valence-electron chi connectivity index (χ4n) is 2.20. The molecule has 24 heavy (non-hydrogen) atoms. The molecule has 0 unspecified atom stereocenters. The highest BCUT2D eigenvalue weighted by Gasteiger charge is 2.13. The van der Waals surface area contributed by atoms with Crippen LogP contribution in [0.4, 0.5) is 10.1 Å². The summed E-state index contributed by atoms with van der Waals surface area (Å²) in [5, 5.41) is 11.8. The Morgan fingerprint density at radius 1 is 1.12 bits per heavy atom. The van der Waals surface area contributed by atoms with Crippen LogP contribution in [0.5, 0.6) is 11.5 Å². The minimum Gasteiger partial charge on any atom is -0.486 e. The Hall–Kier alpha value is -3.33. The van der Waals surface area contributed by atoms with Crippen LogP contribution in [0.2, 0.25) is 0 Å². The molecule has 3 rings (SSSR count). The molecule has 2 aromatic carbocycles. The molecular formula is C18H13FN2O3. The summed E-state index contributed by atoms with van der Waals surface area (Å²) in [7, 11) is 0. The van der Waals surface area contributed by atoms with E-state index >= 15 is 0 Å². The van der Waals surface area contributed by atoms with Gasteiger partial charge >= 0.3 is 0 Å². The lowest BCUT2D eigenvalue weighted by Crippen LogP contribution is -2.15. The molecule has 120 valence electrons. The molecule has 0 saturated heterocycles. The highest BCUT2D eigenvalue weighted by molar-refractivity contribution is 6.09. The van der Waals surface area contributed by atoms with Crippen molar-refractivity contribution in [1.82, 2.24) is 0 Å². The van der Waals surface area contributed by atoms with Gasteiger partial charge in [-0.3, -0.25) is 4.79 Å².